The lowest BCUT2D eigenvalue weighted by molar-refractivity contribution is -0.119. The number of hydrogen-bond acceptors (Lipinski definition) is 2. The molecular weight excluding hydrogens is 176 g/mol. The molecule has 2 heteroatoms. The molecule has 0 heterocycles. The summed E-state index contributed by atoms with van der Waals surface area (Å²) in [5, 5.41) is 9.66. The number of fused-ring (bicyclic) bond motifs is 3. The molecule has 0 aliphatic heterocycles. The Morgan fingerprint density at radius 3 is 2.57 bits per heavy atom. The fourth-order valence-electron chi connectivity index (χ4n) is 2.05. The molecule has 0 saturated carbocycles. The molecule has 2 aliphatic carbocycles. The van der Waals surface area contributed by atoms with Gasteiger partial charge in [0.2, 0.25) is 0 Å². The van der Waals surface area contributed by atoms with Crippen molar-refractivity contribution in [3.8, 4) is 0 Å². The first-order valence-electron chi connectivity index (χ1n) is 4.53. The lowest BCUT2D eigenvalue weighted by Crippen LogP contribution is -2.28. The standard InChI is InChI=1S/C12H8O2/c13-10-6-5-9-7-3-1-2-4-8(7)11(9)12(10)14/h1-6,12,14H. The van der Waals surface area contributed by atoms with Crippen molar-refractivity contribution in [1.29, 1.82) is 0 Å². The van der Waals surface area contributed by atoms with E-state index in [1.165, 1.54) is 6.08 Å². The van der Waals surface area contributed by atoms with Crippen LogP contribution in [0.5, 0.6) is 0 Å². The molecule has 68 valence electrons. The van der Waals surface area contributed by atoms with Crippen LogP contribution in [0.15, 0.2) is 36.4 Å². The first-order valence-corrected chi connectivity index (χ1v) is 4.53. The van der Waals surface area contributed by atoms with Crippen molar-refractivity contribution < 1.29 is 9.90 Å². The van der Waals surface area contributed by atoms with Crippen LogP contribution in [0.2, 0.25) is 0 Å². The Morgan fingerprint density at radius 1 is 1.07 bits per heavy atom. The maximum Gasteiger partial charge on any atom is 0.188 e. The van der Waals surface area contributed by atoms with Crippen molar-refractivity contribution in [2.75, 3.05) is 0 Å². The van der Waals surface area contributed by atoms with Gasteiger partial charge in [-0.25, -0.2) is 0 Å². The van der Waals surface area contributed by atoms with E-state index in [1.807, 2.05) is 24.3 Å². The lowest BCUT2D eigenvalue weighted by atomic mass is 9.74. The normalized spacial score (nSPS) is 22.9. The summed E-state index contributed by atoms with van der Waals surface area (Å²) in [6.07, 6.45) is 2.27. The van der Waals surface area contributed by atoms with E-state index in [9.17, 15) is 9.90 Å². The first-order chi connectivity index (χ1) is 6.79. The first kappa shape index (κ1) is 7.71. The van der Waals surface area contributed by atoms with E-state index in [4.69, 9.17) is 0 Å². The third-order valence-corrected chi connectivity index (χ3v) is 2.75. The van der Waals surface area contributed by atoms with Gasteiger partial charge in [-0.05, 0) is 22.8 Å². The number of carbonyl (C=O) groups is 1. The Labute approximate surface area is 81.2 Å². The third kappa shape index (κ3) is 0.763. The van der Waals surface area contributed by atoms with Crippen LogP contribution in [0.1, 0.15) is 11.1 Å². The molecule has 1 unspecified atom stereocenters. The summed E-state index contributed by atoms with van der Waals surface area (Å²) in [5.74, 6) is -0.224. The lowest BCUT2D eigenvalue weighted by Gasteiger charge is -2.30. The molecule has 0 radical (unpaired) electrons. The van der Waals surface area contributed by atoms with Crippen LogP contribution in [-0.4, -0.2) is 17.0 Å². The average molecular weight is 184 g/mol. The maximum absolute atomic E-state index is 11.2. The van der Waals surface area contributed by atoms with E-state index < -0.39 is 6.10 Å². The van der Waals surface area contributed by atoms with Gasteiger partial charge in [0.25, 0.3) is 0 Å². The summed E-state index contributed by atoms with van der Waals surface area (Å²) in [7, 11) is 0. The summed E-state index contributed by atoms with van der Waals surface area (Å²) >= 11 is 0. The van der Waals surface area contributed by atoms with Gasteiger partial charge in [-0.1, -0.05) is 30.3 Å². The van der Waals surface area contributed by atoms with E-state index in [-0.39, 0.29) is 5.78 Å². The Kier molecular flexibility index (Phi) is 1.33. The predicted octanol–water partition coefficient (Wildman–Crippen LogP) is 1.41. The summed E-state index contributed by atoms with van der Waals surface area (Å²) in [4.78, 5) is 11.2. The highest BCUT2D eigenvalue weighted by Gasteiger charge is 2.34. The molecule has 0 bridgehead atoms. The molecule has 2 aliphatic rings. The number of hydrogen-bond donors (Lipinski definition) is 1. The van der Waals surface area contributed by atoms with Crippen LogP contribution >= 0.6 is 0 Å². The molecule has 14 heavy (non-hydrogen) atoms. The van der Waals surface area contributed by atoms with Gasteiger partial charge in [-0.15, -0.1) is 0 Å². The minimum Gasteiger partial charge on any atom is -0.380 e. The molecule has 0 aromatic heterocycles. The second-order valence-corrected chi connectivity index (χ2v) is 3.51. The fourth-order valence-corrected chi connectivity index (χ4v) is 2.05. The van der Waals surface area contributed by atoms with Crippen LogP contribution in [0.25, 0.3) is 11.1 Å². The van der Waals surface area contributed by atoms with Crippen LogP contribution in [0, 0.1) is 0 Å². The zero-order chi connectivity index (χ0) is 9.71. The fraction of sp³-hybridized carbons (Fsp3) is 0.0833. The highest BCUT2D eigenvalue weighted by molar-refractivity contribution is 6.20. The SMILES string of the molecule is O=C1C=CC2=C(c3ccccc32)C1O. The Morgan fingerprint density at radius 2 is 1.79 bits per heavy atom. The van der Waals surface area contributed by atoms with E-state index in [0.717, 1.165) is 22.3 Å². The zero-order valence-corrected chi connectivity index (χ0v) is 7.40. The molecule has 2 nitrogen and oxygen atoms in total. The van der Waals surface area contributed by atoms with Crippen molar-refractivity contribution in [2.24, 2.45) is 0 Å². The number of aliphatic hydroxyl groups is 1. The summed E-state index contributed by atoms with van der Waals surface area (Å²) < 4.78 is 0. The second kappa shape index (κ2) is 2.42. The van der Waals surface area contributed by atoms with Crippen LogP contribution in [-0.2, 0) is 4.79 Å². The second-order valence-electron chi connectivity index (χ2n) is 3.51. The number of aliphatic hydroxyl groups excluding tert-OH is 1. The number of ketones is 1. The Hall–Kier alpha value is -1.67. The van der Waals surface area contributed by atoms with Crippen LogP contribution < -0.4 is 0 Å². The zero-order valence-electron chi connectivity index (χ0n) is 7.40. The number of carbonyl (C=O) groups excluding carboxylic acids is 1. The molecule has 1 N–H and O–H groups in total. The van der Waals surface area contributed by atoms with Gasteiger partial charge in [0.1, 0.15) is 6.10 Å². The number of benzene rings is 1. The van der Waals surface area contributed by atoms with Crippen molar-refractivity contribution in [3.63, 3.8) is 0 Å². The van der Waals surface area contributed by atoms with Gasteiger partial charge >= 0.3 is 0 Å². The Balaban J connectivity index is 2.19. The van der Waals surface area contributed by atoms with E-state index >= 15 is 0 Å². The van der Waals surface area contributed by atoms with Gasteiger partial charge < -0.3 is 5.11 Å². The summed E-state index contributed by atoms with van der Waals surface area (Å²) in [6.45, 7) is 0. The van der Waals surface area contributed by atoms with Crippen LogP contribution in [0.3, 0.4) is 0 Å². The van der Waals surface area contributed by atoms with Crippen molar-refractivity contribution in [3.05, 3.63) is 47.5 Å². The molecule has 0 fully saturated rings. The summed E-state index contributed by atoms with van der Waals surface area (Å²) in [5.41, 5.74) is 3.93. The highest BCUT2D eigenvalue weighted by atomic mass is 16.3. The molecule has 1 atom stereocenters. The topological polar surface area (TPSA) is 37.3 Å². The van der Waals surface area contributed by atoms with E-state index in [1.54, 1.807) is 6.08 Å². The van der Waals surface area contributed by atoms with E-state index in [0.29, 0.717) is 0 Å². The van der Waals surface area contributed by atoms with Gasteiger partial charge in [-0.3, -0.25) is 4.79 Å². The molecule has 1 aromatic rings. The molecular formula is C12H8O2. The smallest absolute Gasteiger partial charge is 0.188 e. The van der Waals surface area contributed by atoms with Gasteiger partial charge in [0.15, 0.2) is 5.78 Å². The maximum atomic E-state index is 11.2. The van der Waals surface area contributed by atoms with Gasteiger partial charge in [0.05, 0.1) is 0 Å². The van der Waals surface area contributed by atoms with E-state index in [2.05, 4.69) is 0 Å². The largest absolute Gasteiger partial charge is 0.380 e. The van der Waals surface area contributed by atoms with Crippen molar-refractivity contribution in [1.82, 2.24) is 0 Å². The molecule has 1 aromatic carbocycles. The number of rotatable bonds is 0. The summed E-state index contributed by atoms with van der Waals surface area (Å²) in [6, 6.07) is 7.81. The van der Waals surface area contributed by atoms with Gasteiger partial charge in [-0.2, -0.15) is 0 Å². The third-order valence-electron chi connectivity index (χ3n) is 2.75. The highest BCUT2D eigenvalue weighted by Crippen LogP contribution is 2.44. The van der Waals surface area contributed by atoms with Crippen LogP contribution in [0.4, 0.5) is 0 Å². The van der Waals surface area contributed by atoms with Gasteiger partial charge in [0, 0.05) is 5.57 Å². The molecule has 3 rings (SSSR count). The monoisotopic (exact) mass is 184 g/mol. The van der Waals surface area contributed by atoms with Crippen molar-refractivity contribution >= 4 is 16.9 Å². The predicted molar refractivity (Wildman–Crippen MR) is 53.4 cm³/mol. The number of allylic oxidation sites excluding steroid dienone is 2. The van der Waals surface area contributed by atoms with Crippen molar-refractivity contribution in [2.45, 2.75) is 6.10 Å². The Bertz CT molecular complexity index is 495. The molecule has 0 saturated heterocycles. The molecule has 0 amide bonds. The average Bonchev–Trinajstić information content (AvgIpc) is 2.18. The minimum absolute atomic E-state index is 0.224. The quantitative estimate of drug-likeness (QED) is 0.662. The molecule has 0 spiro atoms. The minimum atomic E-state index is -0.954.